The molecule has 1 heterocycles. The van der Waals surface area contributed by atoms with Gasteiger partial charge in [-0.05, 0) is 67.8 Å². The SMILES string of the molecule is Oc1ccc(N2CCN(CCCCCCc3ccc(C(F)(F)F)cc3)CC2)cc1. The Hall–Kier alpha value is -2.21. The van der Waals surface area contributed by atoms with Crippen LogP contribution in [0.15, 0.2) is 48.5 Å². The van der Waals surface area contributed by atoms with Crippen LogP contribution in [0.3, 0.4) is 0 Å². The third-order valence-electron chi connectivity index (χ3n) is 5.56. The molecule has 0 aromatic heterocycles. The Labute approximate surface area is 170 Å². The minimum absolute atomic E-state index is 0.297. The van der Waals surface area contributed by atoms with Gasteiger partial charge >= 0.3 is 6.18 Å². The van der Waals surface area contributed by atoms with E-state index in [9.17, 15) is 18.3 Å². The molecule has 0 atom stereocenters. The molecule has 2 aromatic carbocycles. The number of hydrogen-bond donors (Lipinski definition) is 1. The van der Waals surface area contributed by atoms with E-state index in [1.54, 1.807) is 24.3 Å². The number of aryl methyl sites for hydroxylation is 1. The number of phenolic OH excluding ortho intramolecular Hbond substituents is 1. The molecule has 158 valence electrons. The Morgan fingerprint density at radius 2 is 1.38 bits per heavy atom. The van der Waals surface area contributed by atoms with Gasteiger partial charge in [0.2, 0.25) is 0 Å². The van der Waals surface area contributed by atoms with Crippen molar-refractivity contribution in [1.29, 1.82) is 0 Å². The highest BCUT2D eigenvalue weighted by Crippen LogP contribution is 2.29. The Kier molecular flexibility index (Phi) is 7.42. The highest BCUT2D eigenvalue weighted by molar-refractivity contribution is 5.49. The van der Waals surface area contributed by atoms with Crippen LogP contribution < -0.4 is 4.90 Å². The first-order chi connectivity index (χ1) is 13.9. The molecular weight excluding hydrogens is 377 g/mol. The minimum atomic E-state index is -4.26. The molecule has 1 saturated heterocycles. The summed E-state index contributed by atoms with van der Waals surface area (Å²) in [6.07, 6.45) is 1.01. The van der Waals surface area contributed by atoms with Crippen molar-refractivity contribution in [3.8, 4) is 5.75 Å². The third-order valence-corrected chi connectivity index (χ3v) is 5.56. The highest BCUT2D eigenvalue weighted by Gasteiger charge is 2.29. The standard InChI is InChI=1S/C23H29F3N2O/c24-23(25,26)20-8-6-19(7-9-20)5-3-1-2-4-14-27-15-17-28(18-16-27)21-10-12-22(29)13-11-21/h6-13,29H,1-5,14-18H2. The second kappa shape index (κ2) is 10.0. The number of alkyl halides is 3. The van der Waals surface area contributed by atoms with Gasteiger partial charge in [0.1, 0.15) is 5.75 Å². The molecule has 0 saturated carbocycles. The van der Waals surface area contributed by atoms with Crippen LogP contribution in [0.4, 0.5) is 18.9 Å². The van der Waals surface area contributed by atoms with Gasteiger partial charge in [-0.3, -0.25) is 4.90 Å². The van der Waals surface area contributed by atoms with E-state index in [4.69, 9.17) is 0 Å². The van der Waals surface area contributed by atoms with Gasteiger partial charge < -0.3 is 10.0 Å². The third kappa shape index (κ3) is 6.67. The maximum absolute atomic E-state index is 12.6. The number of unbranched alkanes of at least 4 members (excludes halogenated alkanes) is 3. The molecule has 0 bridgehead atoms. The zero-order chi connectivity index (χ0) is 20.7. The molecule has 0 spiro atoms. The first-order valence-electron chi connectivity index (χ1n) is 10.3. The number of aromatic hydroxyl groups is 1. The van der Waals surface area contributed by atoms with Gasteiger partial charge in [0.05, 0.1) is 5.56 Å². The number of piperazine rings is 1. The number of hydrogen-bond acceptors (Lipinski definition) is 3. The van der Waals surface area contributed by atoms with Crippen LogP contribution in [0.2, 0.25) is 0 Å². The second-order valence-electron chi connectivity index (χ2n) is 7.70. The Bertz CT molecular complexity index is 736. The summed E-state index contributed by atoms with van der Waals surface area (Å²) in [4.78, 5) is 4.84. The summed E-state index contributed by atoms with van der Waals surface area (Å²) in [5, 5.41) is 9.39. The Balaban J connectivity index is 1.26. The molecule has 0 amide bonds. The average molecular weight is 406 g/mol. The summed E-state index contributed by atoms with van der Waals surface area (Å²) in [5.41, 5.74) is 1.56. The molecule has 3 nitrogen and oxygen atoms in total. The fourth-order valence-corrected chi connectivity index (χ4v) is 3.77. The molecule has 1 N–H and O–H groups in total. The van der Waals surface area contributed by atoms with Crippen LogP contribution in [0.1, 0.15) is 36.8 Å². The average Bonchev–Trinajstić information content (AvgIpc) is 2.71. The van der Waals surface area contributed by atoms with E-state index in [1.165, 1.54) is 12.1 Å². The Morgan fingerprint density at radius 3 is 2.00 bits per heavy atom. The maximum Gasteiger partial charge on any atom is 0.416 e. The largest absolute Gasteiger partial charge is 0.508 e. The molecule has 29 heavy (non-hydrogen) atoms. The molecular formula is C23H29F3N2O. The molecule has 2 aromatic rings. The number of nitrogens with zero attached hydrogens (tertiary/aromatic N) is 2. The number of halogens is 3. The smallest absolute Gasteiger partial charge is 0.416 e. The summed E-state index contributed by atoms with van der Waals surface area (Å²) < 4.78 is 37.7. The molecule has 1 fully saturated rings. The first-order valence-corrected chi connectivity index (χ1v) is 10.3. The van der Waals surface area contributed by atoms with Crippen LogP contribution >= 0.6 is 0 Å². The van der Waals surface area contributed by atoms with Crippen molar-refractivity contribution in [2.75, 3.05) is 37.6 Å². The van der Waals surface area contributed by atoms with E-state index >= 15 is 0 Å². The zero-order valence-corrected chi connectivity index (χ0v) is 16.7. The van der Waals surface area contributed by atoms with E-state index < -0.39 is 11.7 Å². The van der Waals surface area contributed by atoms with Gasteiger partial charge in [-0.1, -0.05) is 25.0 Å². The van der Waals surface area contributed by atoms with Crippen molar-refractivity contribution in [2.45, 2.75) is 38.3 Å². The number of phenols is 1. The molecule has 0 radical (unpaired) electrons. The summed E-state index contributed by atoms with van der Waals surface area (Å²) in [6, 6.07) is 12.9. The lowest BCUT2D eigenvalue weighted by Gasteiger charge is -2.36. The fourth-order valence-electron chi connectivity index (χ4n) is 3.77. The molecule has 0 aliphatic carbocycles. The normalized spacial score (nSPS) is 15.6. The number of rotatable bonds is 8. The van der Waals surface area contributed by atoms with E-state index in [0.29, 0.717) is 5.75 Å². The molecule has 6 heteroatoms. The van der Waals surface area contributed by atoms with Crippen molar-refractivity contribution in [3.63, 3.8) is 0 Å². The molecule has 3 rings (SSSR count). The number of anilines is 1. The van der Waals surface area contributed by atoms with Gasteiger partial charge in [0.25, 0.3) is 0 Å². The predicted molar refractivity (Wildman–Crippen MR) is 110 cm³/mol. The lowest BCUT2D eigenvalue weighted by Crippen LogP contribution is -2.46. The quantitative estimate of drug-likeness (QED) is 0.600. The summed E-state index contributed by atoms with van der Waals surface area (Å²) in [6.45, 7) is 5.19. The van der Waals surface area contributed by atoms with Crippen LogP contribution in [-0.4, -0.2) is 42.7 Å². The van der Waals surface area contributed by atoms with E-state index in [-0.39, 0.29) is 0 Å². The van der Waals surface area contributed by atoms with Crippen LogP contribution in [0, 0.1) is 0 Å². The van der Waals surface area contributed by atoms with Gasteiger partial charge in [-0.15, -0.1) is 0 Å². The Morgan fingerprint density at radius 1 is 0.759 bits per heavy atom. The monoisotopic (exact) mass is 406 g/mol. The van der Waals surface area contributed by atoms with Crippen molar-refractivity contribution in [2.24, 2.45) is 0 Å². The summed E-state index contributed by atoms with van der Waals surface area (Å²) in [7, 11) is 0. The van der Waals surface area contributed by atoms with E-state index in [0.717, 1.165) is 76.1 Å². The maximum atomic E-state index is 12.6. The predicted octanol–water partition coefficient (Wildman–Crippen LogP) is 5.34. The lowest BCUT2D eigenvalue weighted by molar-refractivity contribution is -0.137. The first kappa shape index (κ1) is 21.5. The van der Waals surface area contributed by atoms with E-state index in [2.05, 4.69) is 9.80 Å². The minimum Gasteiger partial charge on any atom is -0.508 e. The van der Waals surface area contributed by atoms with Gasteiger partial charge in [0.15, 0.2) is 0 Å². The molecule has 1 aliphatic rings. The van der Waals surface area contributed by atoms with Crippen LogP contribution in [-0.2, 0) is 12.6 Å². The second-order valence-corrected chi connectivity index (χ2v) is 7.70. The van der Waals surface area contributed by atoms with Crippen LogP contribution in [0.25, 0.3) is 0 Å². The van der Waals surface area contributed by atoms with Gasteiger partial charge in [-0.2, -0.15) is 13.2 Å². The van der Waals surface area contributed by atoms with Crippen molar-refractivity contribution < 1.29 is 18.3 Å². The van der Waals surface area contributed by atoms with Crippen LogP contribution in [0.5, 0.6) is 5.75 Å². The highest BCUT2D eigenvalue weighted by atomic mass is 19.4. The summed E-state index contributed by atoms with van der Waals surface area (Å²) in [5.74, 6) is 0.297. The van der Waals surface area contributed by atoms with Gasteiger partial charge in [0, 0.05) is 31.9 Å². The number of benzene rings is 2. The summed E-state index contributed by atoms with van der Waals surface area (Å²) >= 11 is 0. The van der Waals surface area contributed by atoms with E-state index in [1.807, 2.05) is 12.1 Å². The molecule has 0 unspecified atom stereocenters. The lowest BCUT2D eigenvalue weighted by atomic mass is 10.0. The topological polar surface area (TPSA) is 26.7 Å². The van der Waals surface area contributed by atoms with Gasteiger partial charge in [-0.25, -0.2) is 0 Å². The van der Waals surface area contributed by atoms with Crippen molar-refractivity contribution in [1.82, 2.24) is 4.90 Å². The molecule has 1 aliphatic heterocycles. The van der Waals surface area contributed by atoms with Crippen molar-refractivity contribution >= 4 is 5.69 Å². The fraction of sp³-hybridized carbons (Fsp3) is 0.478. The zero-order valence-electron chi connectivity index (χ0n) is 16.7. The van der Waals surface area contributed by atoms with Crippen molar-refractivity contribution in [3.05, 3.63) is 59.7 Å².